The lowest BCUT2D eigenvalue weighted by Crippen LogP contribution is -2.52. The summed E-state index contributed by atoms with van der Waals surface area (Å²) in [5.41, 5.74) is 0.364. The molecule has 1 heterocycles. The van der Waals surface area contributed by atoms with Gasteiger partial charge < -0.3 is 29.9 Å². The summed E-state index contributed by atoms with van der Waals surface area (Å²) in [5, 5.41) is 17.6. The molecule has 4 amide bonds. The number of nitrogens with zero attached hydrogens (tertiary/aromatic N) is 5. The van der Waals surface area contributed by atoms with E-state index in [0.29, 0.717) is 22.9 Å². The lowest BCUT2D eigenvalue weighted by Gasteiger charge is -2.26. The van der Waals surface area contributed by atoms with Gasteiger partial charge in [0.25, 0.3) is 11.6 Å². The van der Waals surface area contributed by atoms with E-state index in [0.717, 1.165) is 26.3 Å². The first kappa shape index (κ1) is 42.4. The van der Waals surface area contributed by atoms with Gasteiger partial charge >= 0.3 is 5.69 Å². The number of imidazole rings is 1. The Morgan fingerprint density at radius 1 is 0.758 bits per heavy atom. The number of likely N-dealkylation sites (N-methyl/N-ethyl adjacent to an activating group) is 2. The molecule has 0 radical (unpaired) electrons. The molecule has 1 aliphatic carbocycles. The number of methoxy groups -OCH3 is 2. The van der Waals surface area contributed by atoms with Crippen LogP contribution in [-0.2, 0) is 38.7 Å². The Morgan fingerprint density at radius 3 is 1.89 bits per heavy atom. The minimum atomic E-state index is -1.37. The van der Waals surface area contributed by atoms with Crippen molar-refractivity contribution in [1.82, 2.24) is 19.8 Å². The van der Waals surface area contributed by atoms with E-state index in [1.54, 1.807) is 62.6 Å². The summed E-state index contributed by atoms with van der Waals surface area (Å²) in [5.74, 6) is -1.39. The van der Waals surface area contributed by atoms with Crippen LogP contribution in [-0.4, -0.2) is 77.6 Å². The molecule has 1 unspecified atom stereocenters. The lowest BCUT2D eigenvalue weighted by molar-refractivity contribution is -0.384. The van der Waals surface area contributed by atoms with Gasteiger partial charge in [0.1, 0.15) is 36.2 Å². The van der Waals surface area contributed by atoms with Crippen LogP contribution in [0.15, 0.2) is 132 Å². The quantitative estimate of drug-likeness (QED) is 0.102. The molecule has 0 spiro atoms. The van der Waals surface area contributed by atoms with Crippen molar-refractivity contribution in [2.75, 3.05) is 38.1 Å². The van der Waals surface area contributed by atoms with Crippen molar-refractivity contribution < 1.29 is 33.6 Å². The number of anilines is 2. The smallest absolute Gasteiger partial charge is 0.330 e. The van der Waals surface area contributed by atoms with E-state index in [1.807, 2.05) is 60.7 Å². The second-order valence-corrected chi connectivity index (χ2v) is 15.0. The maximum atomic E-state index is 14.3. The van der Waals surface area contributed by atoms with E-state index < -0.39 is 53.0 Å². The summed E-state index contributed by atoms with van der Waals surface area (Å²) >= 11 is 0. The van der Waals surface area contributed by atoms with Crippen molar-refractivity contribution in [2.45, 2.75) is 43.4 Å². The molecule has 1 aliphatic rings. The molecule has 62 heavy (non-hydrogen) atoms. The molecule has 7 rings (SSSR count). The number of ether oxygens (including phenoxy) is 2. The van der Waals surface area contributed by atoms with Crippen molar-refractivity contribution in [3.63, 3.8) is 0 Å². The summed E-state index contributed by atoms with van der Waals surface area (Å²) in [6, 6.07) is 34.8. The topological polar surface area (TPSA) is 187 Å². The largest absolute Gasteiger partial charge is 0.497 e. The minimum Gasteiger partial charge on any atom is -0.497 e. The molecule has 318 valence electrons. The molecular formula is C46H45N7O9. The van der Waals surface area contributed by atoms with Crippen LogP contribution in [0.3, 0.4) is 0 Å². The van der Waals surface area contributed by atoms with E-state index in [2.05, 4.69) is 10.6 Å². The molecule has 0 aliphatic heterocycles. The number of hydrogen-bond acceptors (Lipinski definition) is 9. The molecule has 2 N–H and O–H groups in total. The van der Waals surface area contributed by atoms with E-state index in [1.165, 1.54) is 36.2 Å². The lowest BCUT2D eigenvalue weighted by atomic mass is 10.0. The second kappa shape index (κ2) is 17.8. The van der Waals surface area contributed by atoms with Crippen molar-refractivity contribution in [3.05, 3.63) is 159 Å². The minimum absolute atomic E-state index is 0.0226. The fourth-order valence-corrected chi connectivity index (χ4v) is 7.76. The maximum Gasteiger partial charge on any atom is 0.330 e. The van der Waals surface area contributed by atoms with Gasteiger partial charge in [-0.1, -0.05) is 60.7 Å². The van der Waals surface area contributed by atoms with E-state index in [9.17, 15) is 34.1 Å². The van der Waals surface area contributed by atoms with Gasteiger partial charge in [-0.2, -0.15) is 0 Å². The van der Waals surface area contributed by atoms with Crippen LogP contribution in [0, 0.1) is 10.1 Å². The van der Waals surface area contributed by atoms with Crippen LogP contribution >= 0.6 is 0 Å². The van der Waals surface area contributed by atoms with Gasteiger partial charge in [-0.3, -0.25) is 38.4 Å². The summed E-state index contributed by atoms with van der Waals surface area (Å²) in [6.07, 6.45) is 0.411. The number of nitrogens with one attached hydrogen (secondary N) is 2. The third-order valence-corrected chi connectivity index (χ3v) is 11.2. The van der Waals surface area contributed by atoms with Crippen LogP contribution in [0.2, 0.25) is 0 Å². The highest BCUT2D eigenvalue weighted by Crippen LogP contribution is 2.53. The van der Waals surface area contributed by atoms with Crippen LogP contribution in [0.1, 0.15) is 23.5 Å². The number of rotatable bonds is 16. The highest BCUT2D eigenvalue weighted by Gasteiger charge is 2.62. The van der Waals surface area contributed by atoms with Crippen LogP contribution in [0.5, 0.6) is 11.5 Å². The number of carbonyl (C=O) groups is 4. The first-order valence-electron chi connectivity index (χ1n) is 19.7. The molecule has 0 bridgehead atoms. The van der Waals surface area contributed by atoms with Crippen LogP contribution in [0.4, 0.5) is 17.1 Å². The SMILES string of the molecule is COc1ccc(N(C)C(=O)[C@H](Cc2ccccc2)NC(=O)Cn2c(=O)n(CC(=O)N[C@@]3(C(=O)N(C)c4ccc(OC)cc4)CC3c3ccccc3)c3cc([N+](=O)[O-])ccc32)cc1. The predicted molar refractivity (Wildman–Crippen MR) is 232 cm³/mol. The molecule has 16 nitrogen and oxygen atoms in total. The number of nitro benzene ring substituents is 1. The highest BCUT2D eigenvalue weighted by atomic mass is 16.6. The number of benzene rings is 5. The monoisotopic (exact) mass is 839 g/mol. The van der Waals surface area contributed by atoms with Gasteiger partial charge in [-0.15, -0.1) is 0 Å². The van der Waals surface area contributed by atoms with Crippen molar-refractivity contribution in [1.29, 1.82) is 0 Å². The summed E-state index contributed by atoms with van der Waals surface area (Å²) in [6.45, 7) is -1.21. The van der Waals surface area contributed by atoms with Gasteiger partial charge in [0.15, 0.2) is 0 Å². The number of amides is 4. The standard InChI is InChI=1S/C46H45N7O9/c1-49(32-15-20-35(61-3)21-16-32)43(56)38(25-30-11-7-5-8-12-30)47-41(54)28-51-39-24-19-34(53(59)60)26-40(39)52(45(51)58)29-42(55)48-46(27-37(46)31-13-9-6-10-14-31)44(57)50(2)33-17-22-36(62-4)23-18-33/h5-24,26,37-38H,25,27-29H2,1-4H3,(H,47,54)(H,48,55)/t37?,38-,46-/m0/s1. The number of carbonyl (C=O) groups excluding carboxylic acids is 4. The van der Waals surface area contributed by atoms with Crippen molar-refractivity contribution >= 4 is 51.7 Å². The number of aromatic nitrogens is 2. The highest BCUT2D eigenvalue weighted by molar-refractivity contribution is 6.05. The molecule has 5 aromatic carbocycles. The first-order valence-corrected chi connectivity index (χ1v) is 19.7. The zero-order valence-corrected chi connectivity index (χ0v) is 34.5. The number of nitro groups is 1. The molecule has 3 atom stereocenters. The third kappa shape index (κ3) is 8.75. The molecular weight excluding hydrogens is 795 g/mol. The average molecular weight is 840 g/mol. The Kier molecular flexibility index (Phi) is 12.2. The molecule has 1 saturated carbocycles. The Bertz CT molecular complexity index is 2680. The molecule has 16 heteroatoms. The Labute approximate surface area is 356 Å². The Balaban J connectivity index is 1.17. The molecule has 6 aromatic rings. The fraction of sp³-hybridized carbons (Fsp3) is 0.239. The first-order chi connectivity index (χ1) is 29.8. The number of non-ortho nitro benzene ring substituents is 1. The van der Waals surface area contributed by atoms with Crippen LogP contribution in [0.25, 0.3) is 11.0 Å². The molecule has 0 saturated heterocycles. The zero-order chi connectivity index (χ0) is 44.1. The predicted octanol–water partition coefficient (Wildman–Crippen LogP) is 4.82. The Hall–Kier alpha value is -7.75. The Morgan fingerprint density at radius 2 is 1.31 bits per heavy atom. The van der Waals surface area contributed by atoms with Crippen molar-refractivity contribution in [3.8, 4) is 11.5 Å². The van der Waals surface area contributed by atoms with Gasteiger partial charge in [-0.25, -0.2) is 4.79 Å². The van der Waals surface area contributed by atoms with Gasteiger partial charge in [-0.05, 0) is 72.1 Å². The maximum absolute atomic E-state index is 14.3. The number of fused-ring (bicyclic) bond motifs is 1. The molecule has 1 aromatic heterocycles. The van der Waals surface area contributed by atoms with Gasteiger partial charge in [0, 0.05) is 49.9 Å². The van der Waals surface area contributed by atoms with E-state index >= 15 is 0 Å². The zero-order valence-electron chi connectivity index (χ0n) is 34.5. The number of hydrogen-bond donors (Lipinski definition) is 2. The van der Waals surface area contributed by atoms with Crippen molar-refractivity contribution in [2.24, 2.45) is 0 Å². The van der Waals surface area contributed by atoms with E-state index in [-0.39, 0.29) is 41.4 Å². The van der Waals surface area contributed by atoms with E-state index in [4.69, 9.17) is 9.47 Å². The summed E-state index contributed by atoms with van der Waals surface area (Å²) < 4.78 is 12.7. The second-order valence-electron chi connectivity index (χ2n) is 15.0. The average Bonchev–Trinajstić information content (AvgIpc) is 3.97. The van der Waals surface area contributed by atoms with Crippen LogP contribution < -0.4 is 35.6 Å². The summed E-state index contributed by atoms with van der Waals surface area (Å²) in [4.78, 5) is 84.8. The third-order valence-electron chi connectivity index (χ3n) is 11.2. The normalized spacial score (nSPS) is 15.8. The van der Waals surface area contributed by atoms with Gasteiger partial charge in [0.2, 0.25) is 17.7 Å². The molecule has 1 fully saturated rings. The van der Waals surface area contributed by atoms with Gasteiger partial charge in [0.05, 0.1) is 30.2 Å². The summed E-state index contributed by atoms with van der Waals surface area (Å²) in [7, 11) is 6.26. The fourth-order valence-electron chi connectivity index (χ4n) is 7.76.